The zero-order valence-corrected chi connectivity index (χ0v) is 11.8. The number of ether oxygens (including phenoxy) is 1. The standard InChI is InChI=1S/C12H24O3Si/c1-5-7-8-9-10-16(3,4)15-11-14-12(13)6-2/h6H,2,5,7-11H2,1,3-4H3. The molecule has 0 saturated heterocycles. The molecule has 0 fully saturated rings. The average molecular weight is 244 g/mol. The van der Waals surface area contributed by atoms with Gasteiger partial charge < -0.3 is 9.16 Å². The summed E-state index contributed by atoms with van der Waals surface area (Å²) in [6.07, 6.45) is 6.17. The van der Waals surface area contributed by atoms with Crippen molar-refractivity contribution in [2.75, 3.05) is 6.79 Å². The molecule has 0 rings (SSSR count). The van der Waals surface area contributed by atoms with E-state index in [0.717, 1.165) is 12.1 Å². The van der Waals surface area contributed by atoms with E-state index in [1.54, 1.807) is 0 Å². The van der Waals surface area contributed by atoms with E-state index in [1.807, 2.05) is 0 Å². The van der Waals surface area contributed by atoms with Crippen LogP contribution in [0.4, 0.5) is 0 Å². The van der Waals surface area contributed by atoms with Crippen molar-refractivity contribution in [3.05, 3.63) is 12.7 Å². The zero-order valence-electron chi connectivity index (χ0n) is 10.8. The lowest BCUT2D eigenvalue weighted by Crippen LogP contribution is -2.31. The molecule has 4 heteroatoms. The minimum Gasteiger partial charge on any atom is -0.436 e. The Morgan fingerprint density at radius 3 is 2.56 bits per heavy atom. The van der Waals surface area contributed by atoms with Gasteiger partial charge in [-0.25, -0.2) is 4.79 Å². The lowest BCUT2D eigenvalue weighted by Gasteiger charge is -2.22. The second-order valence-corrected chi connectivity index (χ2v) is 8.81. The SMILES string of the molecule is C=CC(=O)OCO[Si](C)(C)CCCCCC. The van der Waals surface area contributed by atoms with Crippen LogP contribution in [0.1, 0.15) is 32.6 Å². The molecule has 94 valence electrons. The second-order valence-electron chi connectivity index (χ2n) is 4.50. The molecule has 0 N–H and O–H groups in total. The van der Waals surface area contributed by atoms with Crippen LogP contribution in [0.15, 0.2) is 12.7 Å². The Hall–Kier alpha value is -0.613. The van der Waals surface area contributed by atoms with Gasteiger partial charge in [-0.2, -0.15) is 0 Å². The summed E-state index contributed by atoms with van der Waals surface area (Å²) in [5.41, 5.74) is 0. The first-order valence-corrected chi connectivity index (χ1v) is 9.06. The van der Waals surface area contributed by atoms with Gasteiger partial charge in [-0.1, -0.05) is 39.2 Å². The van der Waals surface area contributed by atoms with E-state index in [0.29, 0.717) is 0 Å². The molecule has 0 radical (unpaired) electrons. The molecular weight excluding hydrogens is 220 g/mol. The van der Waals surface area contributed by atoms with Gasteiger partial charge in [0, 0.05) is 6.08 Å². The maximum absolute atomic E-state index is 10.8. The van der Waals surface area contributed by atoms with Crippen molar-refractivity contribution in [2.45, 2.75) is 51.7 Å². The molecule has 0 aromatic rings. The summed E-state index contributed by atoms with van der Waals surface area (Å²) in [6.45, 7) is 9.90. The van der Waals surface area contributed by atoms with Crippen molar-refractivity contribution in [1.82, 2.24) is 0 Å². The highest BCUT2D eigenvalue weighted by atomic mass is 28.4. The first-order chi connectivity index (χ1) is 7.52. The predicted octanol–water partition coefficient (Wildman–Crippen LogP) is 3.48. The maximum atomic E-state index is 10.8. The van der Waals surface area contributed by atoms with Gasteiger partial charge in [0.05, 0.1) is 0 Å². The summed E-state index contributed by atoms with van der Waals surface area (Å²) in [6, 6.07) is 1.12. The van der Waals surface area contributed by atoms with Gasteiger partial charge >= 0.3 is 5.97 Å². The summed E-state index contributed by atoms with van der Waals surface area (Å²) in [5, 5.41) is 0. The van der Waals surface area contributed by atoms with E-state index in [9.17, 15) is 4.79 Å². The molecule has 0 aliphatic heterocycles. The van der Waals surface area contributed by atoms with E-state index in [2.05, 4.69) is 26.6 Å². The Labute approximate surface area is 100.0 Å². The lowest BCUT2D eigenvalue weighted by molar-refractivity contribution is -0.144. The normalized spacial score (nSPS) is 11.2. The number of hydrogen-bond acceptors (Lipinski definition) is 3. The van der Waals surface area contributed by atoms with Crippen molar-refractivity contribution in [3.8, 4) is 0 Å². The number of carbonyl (C=O) groups excluding carboxylic acids is 1. The molecule has 0 heterocycles. The first kappa shape index (κ1) is 15.4. The quantitative estimate of drug-likeness (QED) is 0.205. The molecule has 0 aromatic heterocycles. The van der Waals surface area contributed by atoms with E-state index < -0.39 is 14.3 Å². The molecule has 16 heavy (non-hydrogen) atoms. The van der Waals surface area contributed by atoms with Crippen molar-refractivity contribution < 1.29 is 14.0 Å². The number of hydrogen-bond donors (Lipinski definition) is 0. The largest absolute Gasteiger partial charge is 0.436 e. The highest BCUT2D eigenvalue weighted by molar-refractivity contribution is 6.71. The molecule has 0 aliphatic carbocycles. The van der Waals surface area contributed by atoms with Gasteiger partial charge in [0.15, 0.2) is 15.1 Å². The van der Waals surface area contributed by atoms with Gasteiger partial charge in [-0.3, -0.25) is 0 Å². The van der Waals surface area contributed by atoms with E-state index >= 15 is 0 Å². The smallest absolute Gasteiger partial charge is 0.332 e. The Bertz CT molecular complexity index is 214. The fraction of sp³-hybridized carbons (Fsp3) is 0.750. The van der Waals surface area contributed by atoms with Crippen LogP contribution in [-0.2, 0) is 14.0 Å². The van der Waals surface area contributed by atoms with E-state index in [4.69, 9.17) is 9.16 Å². The van der Waals surface area contributed by atoms with Crippen LogP contribution in [0.5, 0.6) is 0 Å². The van der Waals surface area contributed by atoms with Gasteiger partial charge in [0.2, 0.25) is 0 Å². The summed E-state index contributed by atoms with van der Waals surface area (Å²) >= 11 is 0. The molecule has 0 aliphatic rings. The van der Waals surface area contributed by atoms with Crippen LogP contribution in [0, 0.1) is 0 Å². The highest BCUT2D eigenvalue weighted by Crippen LogP contribution is 2.16. The molecule has 0 bridgehead atoms. The maximum Gasteiger partial charge on any atom is 0.332 e. The molecule has 0 amide bonds. The molecule has 0 atom stereocenters. The molecular formula is C12H24O3Si. The molecule has 0 aromatic carbocycles. The monoisotopic (exact) mass is 244 g/mol. The summed E-state index contributed by atoms with van der Waals surface area (Å²) in [4.78, 5) is 10.8. The van der Waals surface area contributed by atoms with Gasteiger partial charge in [0.25, 0.3) is 0 Å². The van der Waals surface area contributed by atoms with Crippen LogP contribution < -0.4 is 0 Å². The lowest BCUT2D eigenvalue weighted by atomic mass is 10.2. The average Bonchev–Trinajstić information content (AvgIpc) is 2.24. The minimum absolute atomic E-state index is 0.0673. The minimum atomic E-state index is -1.64. The highest BCUT2D eigenvalue weighted by Gasteiger charge is 2.21. The second kappa shape index (κ2) is 8.53. The van der Waals surface area contributed by atoms with Crippen LogP contribution in [0.25, 0.3) is 0 Å². The topological polar surface area (TPSA) is 35.5 Å². The van der Waals surface area contributed by atoms with Crippen LogP contribution in [0.2, 0.25) is 19.1 Å². The Morgan fingerprint density at radius 1 is 1.31 bits per heavy atom. The Balaban J connectivity index is 3.61. The fourth-order valence-electron chi connectivity index (χ4n) is 1.36. The summed E-state index contributed by atoms with van der Waals surface area (Å²) < 4.78 is 10.4. The first-order valence-electron chi connectivity index (χ1n) is 5.95. The third kappa shape index (κ3) is 8.68. The van der Waals surface area contributed by atoms with E-state index in [-0.39, 0.29) is 6.79 Å². The summed E-state index contributed by atoms with van der Waals surface area (Å²) in [7, 11) is -1.64. The predicted molar refractivity (Wildman–Crippen MR) is 68.7 cm³/mol. The van der Waals surface area contributed by atoms with Gasteiger partial charge in [0.1, 0.15) is 0 Å². The third-order valence-electron chi connectivity index (χ3n) is 2.45. The van der Waals surface area contributed by atoms with Crippen molar-refractivity contribution in [3.63, 3.8) is 0 Å². The van der Waals surface area contributed by atoms with Gasteiger partial charge in [-0.05, 0) is 19.1 Å². The number of rotatable bonds is 9. The number of esters is 1. The molecule has 0 unspecified atom stereocenters. The number of carbonyl (C=O) groups is 1. The molecule has 0 spiro atoms. The fourth-order valence-corrected chi connectivity index (χ4v) is 2.98. The van der Waals surface area contributed by atoms with Crippen molar-refractivity contribution >= 4 is 14.3 Å². The summed E-state index contributed by atoms with van der Waals surface area (Å²) in [5.74, 6) is -0.421. The molecule has 0 saturated carbocycles. The number of unbranched alkanes of at least 4 members (excludes halogenated alkanes) is 3. The van der Waals surface area contributed by atoms with Crippen LogP contribution >= 0.6 is 0 Å². The molecule has 3 nitrogen and oxygen atoms in total. The van der Waals surface area contributed by atoms with Crippen molar-refractivity contribution in [2.24, 2.45) is 0 Å². The zero-order chi connectivity index (χ0) is 12.4. The Kier molecular flexibility index (Phi) is 8.20. The third-order valence-corrected chi connectivity index (χ3v) is 4.91. The van der Waals surface area contributed by atoms with Crippen LogP contribution in [-0.4, -0.2) is 21.1 Å². The van der Waals surface area contributed by atoms with E-state index in [1.165, 1.54) is 25.7 Å². The van der Waals surface area contributed by atoms with Gasteiger partial charge in [-0.15, -0.1) is 0 Å². The van der Waals surface area contributed by atoms with Crippen LogP contribution in [0.3, 0.4) is 0 Å². The van der Waals surface area contributed by atoms with Crippen molar-refractivity contribution in [1.29, 1.82) is 0 Å². The Morgan fingerprint density at radius 2 is 2.00 bits per heavy atom.